The first-order chi connectivity index (χ1) is 7.07. The average molecular weight is 232 g/mol. The number of thioether (sulfide) groups is 1. The minimum atomic E-state index is -0.0822. The number of nitrogens with one attached hydrogen (secondary N) is 2. The van der Waals surface area contributed by atoms with Gasteiger partial charge in [-0.1, -0.05) is 20.8 Å². The van der Waals surface area contributed by atoms with Crippen LogP contribution in [-0.2, 0) is 4.79 Å². The second kappa shape index (κ2) is 9.04. The minimum absolute atomic E-state index is 0.0822. The average Bonchev–Trinajstić information content (AvgIpc) is 2.20. The van der Waals surface area contributed by atoms with E-state index in [-0.39, 0.29) is 11.9 Å². The van der Waals surface area contributed by atoms with E-state index in [1.807, 2.05) is 18.7 Å². The Morgan fingerprint density at radius 2 is 2.00 bits per heavy atom. The molecule has 2 N–H and O–H groups in total. The minimum Gasteiger partial charge on any atom is -0.354 e. The van der Waals surface area contributed by atoms with Gasteiger partial charge in [-0.15, -0.1) is 0 Å². The molecule has 0 aromatic rings. The van der Waals surface area contributed by atoms with Crippen LogP contribution in [0.5, 0.6) is 0 Å². The van der Waals surface area contributed by atoms with E-state index in [9.17, 15) is 4.79 Å². The van der Waals surface area contributed by atoms with Crippen LogP contribution in [-0.4, -0.2) is 36.5 Å². The molecule has 0 spiro atoms. The van der Waals surface area contributed by atoms with E-state index in [0.717, 1.165) is 24.6 Å². The van der Waals surface area contributed by atoms with Crippen molar-refractivity contribution < 1.29 is 4.79 Å². The molecule has 0 saturated heterocycles. The van der Waals surface area contributed by atoms with Crippen LogP contribution in [0.4, 0.5) is 0 Å². The molecule has 0 aliphatic carbocycles. The van der Waals surface area contributed by atoms with Crippen LogP contribution in [0.2, 0.25) is 0 Å². The van der Waals surface area contributed by atoms with Crippen molar-refractivity contribution in [1.29, 1.82) is 0 Å². The Morgan fingerprint density at radius 3 is 2.53 bits per heavy atom. The van der Waals surface area contributed by atoms with Gasteiger partial charge in [0.2, 0.25) is 5.91 Å². The van der Waals surface area contributed by atoms with E-state index in [0.29, 0.717) is 5.92 Å². The van der Waals surface area contributed by atoms with E-state index in [2.05, 4.69) is 31.4 Å². The lowest BCUT2D eigenvalue weighted by Crippen LogP contribution is -2.43. The molecule has 0 radical (unpaired) electrons. The van der Waals surface area contributed by atoms with Crippen molar-refractivity contribution in [2.75, 3.05) is 24.6 Å². The lowest BCUT2D eigenvalue weighted by Gasteiger charge is -2.14. The summed E-state index contributed by atoms with van der Waals surface area (Å²) in [6.45, 7) is 9.89. The number of hydrogen-bond donors (Lipinski definition) is 2. The van der Waals surface area contributed by atoms with Gasteiger partial charge in [-0.2, -0.15) is 11.8 Å². The standard InChI is InChI=1S/C11H24N2OS/c1-5-15-7-6-12-10(4)11(14)13-8-9(2)3/h9-10,12H,5-8H2,1-4H3,(H,13,14). The van der Waals surface area contributed by atoms with Crippen molar-refractivity contribution >= 4 is 17.7 Å². The first-order valence-electron chi connectivity index (χ1n) is 5.66. The SMILES string of the molecule is CCSCCNC(C)C(=O)NCC(C)C. The van der Waals surface area contributed by atoms with Crippen molar-refractivity contribution in [3.63, 3.8) is 0 Å². The predicted molar refractivity (Wildman–Crippen MR) is 68.3 cm³/mol. The highest BCUT2D eigenvalue weighted by atomic mass is 32.2. The molecule has 0 aromatic heterocycles. The second-order valence-corrected chi connectivity index (χ2v) is 5.41. The Bertz CT molecular complexity index is 174. The summed E-state index contributed by atoms with van der Waals surface area (Å²) in [4.78, 5) is 11.5. The van der Waals surface area contributed by atoms with E-state index in [1.54, 1.807) is 0 Å². The van der Waals surface area contributed by atoms with Crippen molar-refractivity contribution in [3.05, 3.63) is 0 Å². The van der Waals surface area contributed by atoms with Gasteiger partial charge in [-0.05, 0) is 18.6 Å². The molecule has 1 amide bonds. The highest BCUT2D eigenvalue weighted by Crippen LogP contribution is 1.96. The van der Waals surface area contributed by atoms with Crippen LogP contribution in [0.1, 0.15) is 27.7 Å². The predicted octanol–water partition coefficient (Wildman–Crippen LogP) is 1.49. The van der Waals surface area contributed by atoms with Gasteiger partial charge in [0.15, 0.2) is 0 Å². The highest BCUT2D eigenvalue weighted by molar-refractivity contribution is 7.99. The van der Waals surface area contributed by atoms with Crippen LogP contribution in [0.15, 0.2) is 0 Å². The Morgan fingerprint density at radius 1 is 1.33 bits per heavy atom. The molecule has 0 bridgehead atoms. The van der Waals surface area contributed by atoms with Gasteiger partial charge in [0, 0.05) is 18.8 Å². The fraction of sp³-hybridized carbons (Fsp3) is 0.909. The molecule has 15 heavy (non-hydrogen) atoms. The maximum atomic E-state index is 11.5. The normalized spacial score (nSPS) is 12.9. The number of hydrogen-bond acceptors (Lipinski definition) is 3. The quantitative estimate of drug-likeness (QED) is 0.623. The molecule has 1 atom stereocenters. The number of carbonyl (C=O) groups is 1. The molecule has 3 nitrogen and oxygen atoms in total. The van der Waals surface area contributed by atoms with Gasteiger partial charge in [-0.25, -0.2) is 0 Å². The van der Waals surface area contributed by atoms with Gasteiger partial charge in [0.05, 0.1) is 6.04 Å². The smallest absolute Gasteiger partial charge is 0.236 e. The van der Waals surface area contributed by atoms with Crippen molar-refractivity contribution in [2.24, 2.45) is 5.92 Å². The molecule has 90 valence electrons. The van der Waals surface area contributed by atoms with E-state index < -0.39 is 0 Å². The molecule has 0 fully saturated rings. The van der Waals surface area contributed by atoms with Crippen LogP contribution in [0.3, 0.4) is 0 Å². The Balaban J connectivity index is 3.51. The zero-order valence-electron chi connectivity index (χ0n) is 10.3. The zero-order chi connectivity index (χ0) is 11.7. The summed E-state index contributed by atoms with van der Waals surface area (Å²) in [5, 5.41) is 6.12. The molecule has 0 aliphatic heterocycles. The van der Waals surface area contributed by atoms with Crippen LogP contribution >= 0.6 is 11.8 Å². The van der Waals surface area contributed by atoms with Gasteiger partial charge >= 0.3 is 0 Å². The van der Waals surface area contributed by atoms with Crippen molar-refractivity contribution in [1.82, 2.24) is 10.6 Å². The molecule has 0 heterocycles. The number of carbonyl (C=O) groups excluding carboxylic acids is 1. The third-order valence-electron chi connectivity index (χ3n) is 1.98. The Hall–Kier alpha value is -0.220. The van der Waals surface area contributed by atoms with E-state index in [4.69, 9.17) is 0 Å². The summed E-state index contributed by atoms with van der Waals surface area (Å²) >= 11 is 1.89. The summed E-state index contributed by atoms with van der Waals surface area (Å²) in [7, 11) is 0. The zero-order valence-corrected chi connectivity index (χ0v) is 11.1. The third-order valence-corrected chi connectivity index (χ3v) is 2.88. The van der Waals surface area contributed by atoms with Gasteiger partial charge in [0.25, 0.3) is 0 Å². The van der Waals surface area contributed by atoms with Crippen LogP contribution in [0.25, 0.3) is 0 Å². The lowest BCUT2D eigenvalue weighted by atomic mass is 10.2. The Kier molecular flexibility index (Phi) is 8.91. The van der Waals surface area contributed by atoms with Crippen LogP contribution in [0, 0.1) is 5.92 Å². The molecule has 4 heteroatoms. The number of rotatable bonds is 8. The van der Waals surface area contributed by atoms with Crippen molar-refractivity contribution in [2.45, 2.75) is 33.7 Å². The summed E-state index contributed by atoms with van der Waals surface area (Å²) in [5.41, 5.74) is 0. The largest absolute Gasteiger partial charge is 0.354 e. The van der Waals surface area contributed by atoms with Gasteiger partial charge in [-0.3, -0.25) is 4.79 Å². The van der Waals surface area contributed by atoms with E-state index >= 15 is 0 Å². The summed E-state index contributed by atoms with van der Waals surface area (Å²) in [6, 6.07) is -0.0822. The fourth-order valence-corrected chi connectivity index (χ4v) is 1.59. The molecular formula is C11H24N2OS. The van der Waals surface area contributed by atoms with Crippen LogP contribution < -0.4 is 10.6 Å². The topological polar surface area (TPSA) is 41.1 Å². The number of amides is 1. The van der Waals surface area contributed by atoms with Gasteiger partial charge < -0.3 is 10.6 Å². The van der Waals surface area contributed by atoms with Gasteiger partial charge in [0.1, 0.15) is 0 Å². The molecule has 0 aliphatic rings. The molecular weight excluding hydrogens is 208 g/mol. The monoisotopic (exact) mass is 232 g/mol. The maximum Gasteiger partial charge on any atom is 0.236 e. The third kappa shape index (κ3) is 8.75. The molecule has 0 rings (SSSR count). The summed E-state index contributed by atoms with van der Waals surface area (Å²) in [6.07, 6.45) is 0. The Labute approximate surface area is 97.8 Å². The summed E-state index contributed by atoms with van der Waals surface area (Å²) in [5.74, 6) is 2.82. The lowest BCUT2D eigenvalue weighted by molar-refractivity contribution is -0.122. The highest BCUT2D eigenvalue weighted by Gasteiger charge is 2.11. The first-order valence-corrected chi connectivity index (χ1v) is 6.82. The summed E-state index contributed by atoms with van der Waals surface area (Å²) < 4.78 is 0. The fourth-order valence-electron chi connectivity index (χ4n) is 1.04. The maximum absolute atomic E-state index is 11.5. The first kappa shape index (κ1) is 14.8. The van der Waals surface area contributed by atoms with E-state index in [1.165, 1.54) is 0 Å². The second-order valence-electron chi connectivity index (χ2n) is 4.01. The molecule has 0 saturated carbocycles. The van der Waals surface area contributed by atoms with Crippen molar-refractivity contribution in [3.8, 4) is 0 Å². The molecule has 0 aromatic carbocycles. The molecule has 1 unspecified atom stereocenters.